The monoisotopic (exact) mass is 274 g/mol. The van der Waals surface area contributed by atoms with Gasteiger partial charge >= 0.3 is 6.03 Å². The van der Waals surface area contributed by atoms with Gasteiger partial charge in [0.1, 0.15) is 0 Å². The fourth-order valence-corrected chi connectivity index (χ4v) is 3.02. The Bertz CT molecular complexity index is 453. The summed E-state index contributed by atoms with van der Waals surface area (Å²) in [7, 11) is 0. The highest BCUT2D eigenvalue weighted by atomic mass is 16.2. The van der Waals surface area contributed by atoms with E-state index < -0.39 is 0 Å². The standard InChI is InChI=1S/C17H26N2O/c1-12(2)18-17(20)19-11-5-6-14(4)16(19)15-9-7-13(3)8-10-15/h7-10,12,14,16H,5-6,11H2,1-4H3,(H,18,20). The summed E-state index contributed by atoms with van der Waals surface area (Å²) in [6.45, 7) is 9.20. The molecule has 20 heavy (non-hydrogen) atoms. The summed E-state index contributed by atoms with van der Waals surface area (Å²) < 4.78 is 0. The summed E-state index contributed by atoms with van der Waals surface area (Å²) in [5, 5.41) is 3.03. The number of rotatable bonds is 2. The predicted octanol–water partition coefficient (Wildman–Crippen LogP) is 3.89. The summed E-state index contributed by atoms with van der Waals surface area (Å²) in [6.07, 6.45) is 2.28. The SMILES string of the molecule is Cc1ccc(C2C(C)CCCN2C(=O)NC(C)C)cc1. The van der Waals surface area contributed by atoms with Crippen LogP contribution < -0.4 is 5.32 Å². The molecule has 2 rings (SSSR count). The number of nitrogens with one attached hydrogen (secondary N) is 1. The highest BCUT2D eigenvalue weighted by Gasteiger charge is 2.33. The van der Waals surface area contributed by atoms with Crippen molar-refractivity contribution in [3.05, 3.63) is 35.4 Å². The molecule has 3 heteroatoms. The molecule has 1 aliphatic rings. The van der Waals surface area contributed by atoms with E-state index in [0.717, 1.165) is 13.0 Å². The summed E-state index contributed by atoms with van der Waals surface area (Å²) in [4.78, 5) is 14.4. The van der Waals surface area contributed by atoms with Gasteiger partial charge in [0, 0.05) is 12.6 Å². The van der Waals surface area contributed by atoms with Gasteiger partial charge in [0.25, 0.3) is 0 Å². The summed E-state index contributed by atoms with van der Waals surface area (Å²) in [5.74, 6) is 0.504. The lowest BCUT2D eigenvalue weighted by Gasteiger charge is -2.40. The highest BCUT2D eigenvalue weighted by molar-refractivity contribution is 5.75. The molecule has 2 amide bonds. The average Bonchev–Trinajstić information content (AvgIpc) is 2.39. The van der Waals surface area contributed by atoms with Gasteiger partial charge in [-0.3, -0.25) is 0 Å². The molecule has 2 atom stereocenters. The quantitative estimate of drug-likeness (QED) is 0.872. The Hall–Kier alpha value is -1.51. The minimum absolute atomic E-state index is 0.0668. The number of nitrogens with zero attached hydrogens (tertiary/aromatic N) is 1. The zero-order valence-electron chi connectivity index (χ0n) is 13.0. The van der Waals surface area contributed by atoms with Crippen LogP contribution in [-0.2, 0) is 0 Å². The lowest BCUT2D eigenvalue weighted by Crippen LogP contribution is -2.48. The van der Waals surface area contributed by atoms with E-state index in [9.17, 15) is 4.79 Å². The van der Waals surface area contributed by atoms with E-state index in [-0.39, 0.29) is 18.1 Å². The van der Waals surface area contributed by atoms with Gasteiger partial charge in [0.05, 0.1) is 6.04 Å². The Morgan fingerprint density at radius 1 is 1.30 bits per heavy atom. The van der Waals surface area contributed by atoms with Crippen LogP contribution in [0.3, 0.4) is 0 Å². The maximum Gasteiger partial charge on any atom is 0.318 e. The number of hydrogen-bond donors (Lipinski definition) is 1. The molecule has 1 N–H and O–H groups in total. The molecule has 1 aromatic carbocycles. The van der Waals surface area contributed by atoms with Crippen LogP contribution in [0.2, 0.25) is 0 Å². The molecule has 1 fully saturated rings. The fraction of sp³-hybridized carbons (Fsp3) is 0.588. The third-order valence-corrected chi connectivity index (χ3v) is 4.03. The Morgan fingerprint density at radius 3 is 2.55 bits per heavy atom. The first kappa shape index (κ1) is 14.9. The van der Waals surface area contributed by atoms with Gasteiger partial charge in [-0.2, -0.15) is 0 Å². The van der Waals surface area contributed by atoms with Crippen molar-refractivity contribution in [2.45, 2.75) is 52.6 Å². The summed E-state index contributed by atoms with van der Waals surface area (Å²) in [5.41, 5.74) is 2.51. The van der Waals surface area contributed by atoms with Crippen LogP contribution >= 0.6 is 0 Å². The van der Waals surface area contributed by atoms with E-state index >= 15 is 0 Å². The molecular formula is C17H26N2O. The van der Waals surface area contributed by atoms with E-state index in [1.54, 1.807) is 0 Å². The van der Waals surface area contributed by atoms with Crippen molar-refractivity contribution in [1.82, 2.24) is 10.2 Å². The molecule has 3 nitrogen and oxygen atoms in total. The number of benzene rings is 1. The van der Waals surface area contributed by atoms with Crippen molar-refractivity contribution in [3.8, 4) is 0 Å². The maximum absolute atomic E-state index is 12.4. The molecule has 0 aliphatic carbocycles. The maximum atomic E-state index is 12.4. The van der Waals surface area contributed by atoms with Gasteiger partial charge < -0.3 is 10.2 Å². The number of aryl methyl sites for hydroxylation is 1. The predicted molar refractivity (Wildman–Crippen MR) is 82.7 cm³/mol. The topological polar surface area (TPSA) is 32.3 Å². The molecule has 0 bridgehead atoms. The second-order valence-corrected chi connectivity index (χ2v) is 6.27. The molecule has 2 unspecified atom stereocenters. The van der Waals surface area contributed by atoms with Gasteiger partial charge in [0.2, 0.25) is 0 Å². The molecule has 1 saturated heterocycles. The number of hydrogen-bond acceptors (Lipinski definition) is 1. The Kier molecular flexibility index (Phi) is 4.69. The fourth-order valence-electron chi connectivity index (χ4n) is 3.02. The van der Waals surface area contributed by atoms with E-state index in [0.29, 0.717) is 5.92 Å². The highest BCUT2D eigenvalue weighted by Crippen LogP contribution is 2.35. The molecule has 0 spiro atoms. The second-order valence-electron chi connectivity index (χ2n) is 6.27. The van der Waals surface area contributed by atoms with E-state index in [1.165, 1.54) is 17.5 Å². The number of piperidine rings is 1. The molecule has 0 radical (unpaired) electrons. The zero-order chi connectivity index (χ0) is 14.7. The molecule has 1 aliphatic heterocycles. The average molecular weight is 274 g/mol. The Morgan fingerprint density at radius 2 is 1.95 bits per heavy atom. The van der Waals surface area contributed by atoms with Crippen molar-refractivity contribution in [2.75, 3.05) is 6.54 Å². The Balaban J connectivity index is 2.24. The van der Waals surface area contributed by atoms with Gasteiger partial charge in [-0.25, -0.2) is 4.79 Å². The number of carbonyl (C=O) groups is 1. The van der Waals surface area contributed by atoms with E-state index in [2.05, 4.69) is 43.4 Å². The van der Waals surface area contributed by atoms with Gasteiger partial charge in [0.15, 0.2) is 0 Å². The molecule has 110 valence electrons. The summed E-state index contributed by atoms with van der Waals surface area (Å²) >= 11 is 0. The number of amides is 2. The molecule has 1 heterocycles. The molecule has 1 aromatic rings. The van der Waals surface area contributed by atoms with Crippen LogP contribution in [-0.4, -0.2) is 23.5 Å². The van der Waals surface area contributed by atoms with Crippen LogP contribution in [0.4, 0.5) is 4.79 Å². The van der Waals surface area contributed by atoms with Crippen LogP contribution in [0, 0.1) is 12.8 Å². The van der Waals surface area contributed by atoms with Gasteiger partial charge in [-0.05, 0) is 45.1 Å². The van der Waals surface area contributed by atoms with Gasteiger partial charge in [-0.1, -0.05) is 36.8 Å². The van der Waals surface area contributed by atoms with Crippen molar-refractivity contribution in [2.24, 2.45) is 5.92 Å². The van der Waals surface area contributed by atoms with Crippen molar-refractivity contribution >= 4 is 6.03 Å². The van der Waals surface area contributed by atoms with E-state index in [4.69, 9.17) is 0 Å². The third kappa shape index (κ3) is 3.33. The largest absolute Gasteiger partial charge is 0.336 e. The van der Waals surface area contributed by atoms with E-state index in [1.807, 2.05) is 18.7 Å². The number of likely N-dealkylation sites (tertiary alicyclic amines) is 1. The number of urea groups is 1. The smallest absolute Gasteiger partial charge is 0.318 e. The van der Waals surface area contributed by atoms with Crippen LogP contribution in [0.25, 0.3) is 0 Å². The van der Waals surface area contributed by atoms with Crippen LogP contribution in [0.5, 0.6) is 0 Å². The lowest BCUT2D eigenvalue weighted by atomic mass is 9.86. The molecular weight excluding hydrogens is 248 g/mol. The third-order valence-electron chi connectivity index (χ3n) is 4.03. The first-order valence-corrected chi connectivity index (χ1v) is 7.62. The van der Waals surface area contributed by atoms with Crippen molar-refractivity contribution in [3.63, 3.8) is 0 Å². The van der Waals surface area contributed by atoms with Crippen LogP contribution in [0.15, 0.2) is 24.3 Å². The minimum atomic E-state index is 0.0668. The van der Waals surface area contributed by atoms with Gasteiger partial charge in [-0.15, -0.1) is 0 Å². The lowest BCUT2D eigenvalue weighted by molar-refractivity contribution is 0.118. The molecule has 0 saturated carbocycles. The van der Waals surface area contributed by atoms with Crippen molar-refractivity contribution in [1.29, 1.82) is 0 Å². The molecule has 0 aromatic heterocycles. The minimum Gasteiger partial charge on any atom is -0.336 e. The first-order valence-electron chi connectivity index (χ1n) is 7.62. The second kappa shape index (κ2) is 6.29. The Labute approximate surface area is 122 Å². The van der Waals surface area contributed by atoms with Crippen LogP contribution in [0.1, 0.15) is 50.8 Å². The first-order chi connectivity index (χ1) is 9.49. The number of carbonyl (C=O) groups excluding carboxylic acids is 1. The normalized spacial score (nSPS) is 22.9. The van der Waals surface area contributed by atoms with Crippen molar-refractivity contribution < 1.29 is 4.79 Å². The summed E-state index contributed by atoms with van der Waals surface area (Å²) in [6, 6.07) is 9.04. The zero-order valence-corrected chi connectivity index (χ0v) is 13.0.